The number of benzene rings is 3. The summed E-state index contributed by atoms with van der Waals surface area (Å²) in [5.74, 6) is -1.68. The number of amides is 1. The number of nitrogens with one attached hydrogen (secondary N) is 1. The lowest BCUT2D eigenvalue weighted by molar-refractivity contribution is 0.0942. The van der Waals surface area contributed by atoms with E-state index in [4.69, 9.17) is 0 Å². The molecule has 1 aromatic heterocycles. The molecule has 4 rings (SSSR count). The van der Waals surface area contributed by atoms with Gasteiger partial charge in [0.1, 0.15) is 11.6 Å². The number of halogens is 2. The molecule has 0 aliphatic rings. The molecule has 0 radical (unpaired) electrons. The molecule has 0 spiro atoms. The number of aromatic nitrogens is 2. The van der Waals surface area contributed by atoms with E-state index in [1.807, 2.05) is 13.8 Å². The first kappa shape index (κ1) is 24.3. The Morgan fingerprint density at radius 3 is 2.37 bits per heavy atom. The fraction of sp³-hybridized carbons (Fsp3) is 0.154. The van der Waals surface area contributed by atoms with E-state index >= 15 is 0 Å². The molecule has 35 heavy (non-hydrogen) atoms. The summed E-state index contributed by atoms with van der Waals surface area (Å²) in [6.45, 7) is 3.67. The number of thioether (sulfide) groups is 1. The highest BCUT2D eigenvalue weighted by Crippen LogP contribution is 2.23. The molecule has 1 N–H and O–H groups in total. The molecular formula is C26H21F2N3O3S. The van der Waals surface area contributed by atoms with Gasteiger partial charge >= 0.3 is 0 Å². The van der Waals surface area contributed by atoms with Gasteiger partial charge in [-0.2, -0.15) is 0 Å². The number of hydrogen-bond donors (Lipinski definition) is 1. The standard InChI is InChI=1S/C26H21F2N3O3S/c1-15(2)29-24(33)17-8-11-21-22(12-17)30-26(31(25(21)34)20-5-3-4-19(28)13-20)35-14-23(32)16-6-9-18(27)10-7-16/h3-13,15H,14H2,1-2H3,(H,29,33). The Kier molecular flexibility index (Phi) is 7.07. The van der Waals surface area contributed by atoms with E-state index in [2.05, 4.69) is 10.3 Å². The van der Waals surface area contributed by atoms with Crippen molar-refractivity contribution in [3.63, 3.8) is 0 Å². The summed E-state index contributed by atoms with van der Waals surface area (Å²) < 4.78 is 28.4. The van der Waals surface area contributed by atoms with Crippen LogP contribution in [-0.4, -0.2) is 33.0 Å². The van der Waals surface area contributed by atoms with Crippen molar-refractivity contribution in [2.24, 2.45) is 0 Å². The number of carbonyl (C=O) groups is 2. The van der Waals surface area contributed by atoms with Crippen molar-refractivity contribution in [1.29, 1.82) is 0 Å². The van der Waals surface area contributed by atoms with Gasteiger partial charge in [-0.25, -0.2) is 13.8 Å². The minimum absolute atomic E-state index is 0.0734. The Morgan fingerprint density at radius 1 is 0.971 bits per heavy atom. The first-order valence-electron chi connectivity index (χ1n) is 10.8. The van der Waals surface area contributed by atoms with Crippen LogP contribution in [0, 0.1) is 11.6 Å². The Balaban J connectivity index is 1.79. The van der Waals surface area contributed by atoms with Crippen LogP contribution in [0.4, 0.5) is 8.78 Å². The Bertz CT molecular complexity index is 1480. The van der Waals surface area contributed by atoms with E-state index in [0.29, 0.717) is 11.1 Å². The van der Waals surface area contributed by atoms with E-state index < -0.39 is 17.2 Å². The maximum absolute atomic E-state index is 14.0. The summed E-state index contributed by atoms with van der Waals surface area (Å²) in [6.07, 6.45) is 0. The van der Waals surface area contributed by atoms with Crippen LogP contribution in [0.2, 0.25) is 0 Å². The average Bonchev–Trinajstić information content (AvgIpc) is 2.82. The van der Waals surface area contributed by atoms with Crippen LogP contribution in [0.15, 0.2) is 76.7 Å². The fourth-order valence-corrected chi connectivity index (χ4v) is 4.35. The SMILES string of the molecule is CC(C)NC(=O)c1ccc2c(=O)n(-c3cccc(F)c3)c(SCC(=O)c3ccc(F)cc3)nc2c1. The van der Waals surface area contributed by atoms with Crippen molar-refractivity contribution in [3.05, 3.63) is 99.8 Å². The maximum Gasteiger partial charge on any atom is 0.266 e. The van der Waals surface area contributed by atoms with Crippen molar-refractivity contribution in [3.8, 4) is 5.69 Å². The molecule has 9 heteroatoms. The number of carbonyl (C=O) groups excluding carboxylic acids is 2. The fourth-order valence-electron chi connectivity index (χ4n) is 3.44. The van der Waals surface area contributed by atoms with Crippen molar-refractivity contribution >= 4 is 34.4 Å². The van der Waals surface area contributed by atoms with Gasteiger partial charge in [0.25, 0.3) is 11.5 Å². The largest absolute Gasteiger partial charge is 0.350 e. The number of fused-ring (bicyclic) bond motifs is 1. The lowest BCUT2D eigenvalue weighted by atomic mass is 10.1. The van der Waals surface area contributed by atoms with Crippen LogP contribution in [0.5, 0.6) is 0 Å². The number of rotatable bonds is 7. The van der Waals surface area contributed by atoms with Crippen LogP contribution in [0.3, 0.4) is 0 Å². The minimum atomic E-state index is -0.534. The first-order chi connectivity index (χ1) is 16.7. The highest BCUT2D eigenvalue weighted by molar-refractivity contribution is 7.99. The molecule has 1 amide bonds. The van der Waals surface area contributed by atoms with Crippen LogP contribution < -0.4 is 10.9 Å². The van der Waals surface area contributed by atoms with Gasteiger partial charge < -0.3 is 5.32 Å². The minimum Gasteiger partial charge on any atom is -0.350 e. The Hall–Kier alpha value is -3.85. The summed E-state index contributed by atoms with van der Waals surface area (Å²) in [5, 5.41) is 3.19. The average molecular weight is 494 g/mol. The predicted molar refractivity (Wildman–Crippen MR) is 131 cm³/mol. The Labute approximate surface area is 204 Å². The van der Waals surface area contributed by atoms with Gasteiger partial charge in [0.2, 0.25) is 0 Å². The number of Topliss-reactive ketones (excluding diaryl/α,β-unsaturated/α-hetero) is 1. The van der Waals surface area contributed by atoms with Gasteiger partial charge in [0.15, 0.2) is 10.9 Å². The van der Waals surface area contributed by atoms with E-state index in [9.17, 15) is 23.2 Å². The summed E-state index contributed by atoms with van der Waals surface area (Å²) >= 11 is 0.994. The van der Waals surface area contributed by atoms with Crippen LogP contribution in [0.25, 0.3) is 16.6 Å². The molecule has 6 nitrogen and oxygen atoms in total. The first-order valence-corrected chi connectivity index (χ1v) is 11.8. The quantitative estimate of drug-likeness (QED) is 0.228. The summed E-state index contributed by atoms with van der Waals surface area (Å²) in [5.41, 5.74) is 0.707. The van der Waals surface area contributed by atoms with Crippen molar-refractivity contribution in [2.75, 3.05) is 5.75 Å². The second-order valence-corrected chi connectivity index (χ2v) is 9.04. The number of ketones is 1. The van der Waals surface area contributed by atoms with E-state index in [-0.39, 0.29) is 45.2 Å². The molecular weight excluding hydrogens is 472 g/mol. The molecule has 0 aliphatic carbocycles. The molecule has 0 unspecified atom stereocenters. The smallest absolute Gasteiger partial charge is 0.266 e. The molecule has 1 heterocycles. The third-order valence-corrected chi connectivity index (χ3v) is 6.02. The second-order valence-electron chi connectivity index (χ2n) is 8.09. The van der Waals surface area contributed by atoms with E-state index in [1.54, 1.807) is 6.07 Å². The molecule has 0 fully saturated rings. The predicted octanol–water partition coefficient (Wildman–Crippen LogP) is 4.78. The zero-order chi connectivity index (χ0) is 25.1. The van der Waals surface area contributed by atoms with Crippen LogP contribution in [0.1, 0.15) is 34.6 Å². The van der Waals surface area contributed by atoms with E-state index in [1.165, 1.54) is 65.2 Å². The number of hydrogen-bond acceptors (Lipinski definition) is 5. The maximum atomic E-state index is 14.0. The van der Waals surface area contributed by atoms with Crippen LogP contribution >= 0.6 is 11.8 Å². The highest BCUT2D eigenvalue weighted by atomic mass is 32.2. The van der Waals surface area contributed by atoms with Gasteiger partial charge in [-0.1, -0.05) is 17.8 Å². The third-order valence-electron chi connectivity index (χ3n) is 5.09. The summed E-state index contributed by atoms with van der Waals surface area (Å²) in [4.78, 5) is 43.1. The Morgan fingerprint density at radius 2 is 1.69 bits per heavy atom. The second kappa shape index (κ2) is 10.2. The summed E-state index contributed by atoms with van der Waals surface area (Å²) in [7, 11) is 0. The highest BCUT2D eigenvalue weighted by Gasteiger charge is 2.18. The molecule has 0 saturated heterocycles. The van der Waals surface area contributed by atoms with Gasteiger partial charge in [0, 0.05) is 17.2 Å². The lowest BCUT2D eigenvalue weighted by Gasteiger charge is -2.14. The molecule has 0 saturated carbocycles. The molecule has 0 bridgehead atoms. The van der Waals surface area contributed by atoms with Gasteiger partial charge in [-0.05, 0) is 74.5 Å². The topological polar surface area (TPSA) is 81.1 Å². The molecule has 3 aromatic carbocycles. The monoisotopic (exact) mass is 493 g/mol. The van der Waals surface area contributed by atoms with Gasteiger partial charge in [-0.15, -0.1) is 0 Å². The van der Waals surface area contributed by atoms with Crippen LogP contribution in [-0.2, 0) is 0 Å². The number of nitrogens with zero attached hydrogens (tertiary/aromatic N) is 2. The van der Waals surface area contributed by atoms with Gasteiger partial charge in [0.05, 0.1) is 22.3 Å². The molecule has 0 atom stereocenters. The van der Waals surface area contributed by atoms with Crippen molar-refractivity contribution < 1.29 is 18.4 Å². The molecule has 4 aromatic rings. The molecule has 178 valence electrons. The zero-order valence-corrected chi connectivity index (χ0v) is 19.7. The summed E-state index contributed by atoms with van der Waals surface area (Å²) in [6, 6.07) is 15.1. The third kappa shape index (κ3) is 5.46. The normalized spacial score (nSPS) is 11.1. The van der Waals surface area contributed by atoms with Gasteiger partial charge in [-0.3, -0.25) is 19.0 Å². The van der Waals surface area contributed by atoms with Crippen molar-refractivity contribution in [2.45, 2.75) is 25.0 Å². The lowest BCUT2D eigenvalue weighted by Crippen LogP contribution is -2.30. The van der Waals surface area contributed by atoms with E-state index in [0.717, 1.165) is 11.8 Å². The van der Waals surface area contributed by atoms with Crippen molar-refractivity contribution in [1.82, 2.24) is 14.9 Å². The zero-order valence-electron chi connectivity index (χ0n) is 18.9. The molecule has 0 aliphatic heterocycles.